The van der Waals surface area contributed by atoms with E-state index in [4.69, 9.17) is 4.74 Å². The van der Waals surface area contributed by atoms with Crippen LogP contribution in [-0.2, 0) is 4.79 Å². The maximum absolute atomic E-state index is 12.7. The van der Waals surface area contributed by atoms with E-state index in [1.54, 1.807) is 0 Å². The van der Waals surface area contributed by atoms with Gasteiger partial charge in [0.1, 0.15) is 5.75 Å². The molecule has 2 rings (SSSR count). The highest BCUT2D eigenvalue weighted by Gasteiger charge is 2.22. The zero-order chi connectivity index (χ0) is 18.4. The third-order valence-electron chi connectivity index (χ3n) is 4.68. The van der Waals surface area contributed by atoms with Crippen molar-refractivity contribution in [2.45, 2.75) is 59.6 Å². The fraction of sp³-hybridized carbons (Fsp3) is 0.409. The predicted octanol–water partition coefficient (Wildman–Crippen LogP) is 5.04. The topological polar surface area (TPSA) is 38.3 Å². The smallest absolute Gasteiger partial charge is 0.261 e. The van der Waals surface area contributed by atoms with E-state index < -0.39 is 6.10 Å². The van der Waals surface area contributed by atoms with Gasteiger partial charge in [0.05, 0.1) is 6.04 Å². The zero-order valence-electron chi connectivity index (χ0n) is 15.9. The standard InChI is InChI=1S/C22H29NO2/c1-6-19(18-13-12-15(3)17(5)14-18)23-22(24)20(7-2)25-21-11-9-8-10-16(21)4/h8-14,19-20H,6-7H2,1-5H3,(H,23,24). The Bertz CT molecular complexity index is 724. The van der Waals surface area contributed by atoms with Gasteiger partial charge in [-0.05, 0) is 61.9 Å². The molecular formula is C22H29NO2. The van der Waals surface area contributed by atoms with Crippen molar-refractivity contribution in [3.8, 4) is 5.75 Å². The van der Waals surface area contributed by atoms with Crippen LogP contribution in [0.4, 0.5) is 0 Å². The van der Waals surface area contributed by atoms with Crippen molar-refractivity contribution in [1.82, 2.24) is 5.32 Å². The largest absolute Gasteiger partial charge is 0.480 e. The molecule has 3 nitrogen and oxygen atoms in total. The Morgan fingerprint density at radius 2 is 1.68 bits per heavy atom. The molecule has 1 N–H and O–H groups in total. The Morgan fingerprint density at radius 1 is 0.960 bits per heavy atom. The van der Waals surface area contributed by atoms with Crippen LogP contribution in [0.1, 0.15) is 55.0 Å². The van der Waals surface area contributed by atoms with Gasteiger partial charge in [-0.25, -0.2) is 0 Å². The number of carbonyl (C=O) groups excluding carboxylic acids is 1. The number of amides is 1. The highest BCUT2D eigenvalue weighted by molar-refractivity contribution is 5.81. The minimum atomic E-state index is -0.485. The average molecular weight is 339 g/mol. The second-order valence-corrected chi connectivity index (χ2v) is 6.59. The Labute approximate surface area is 151 Å². The number of ether oxygens (including phenoxy) is 1. The lowest BCUT2D eigenvalue weighted by molar-refractivity contribution is -0.129. The van der Waals surface area contributed by atoms with Crippen molar-refractivity contribution in [2.24, 2.45) is 0 Å². The van der Waals surface area contributed by atoms with E-state index in [0.717, 1.165) is 23.3 Å². The van der Waals surface area contributed by atoms with Gasteiger partial charge in [-0.3, -0.25) is 4.79 Å². The molecule has 0 aliphatic rings. The first-order valence-electron chi connectivity index (χ1n) is 9.06. The van der Waals surface area contributed by atoms with Gasteiger partial charge >= 0.3 is 0 Å². The fourth-order valence-electron chi connectivity index (χ4n) is 2.83. The lowest BCUT2D eigenvalue weighted by atomic mass is 9.99. The van der Waals surface area contributed by atoms with Gasteiger partial charge in [0.15, 0.2) is 6.10 Å². The van der Waals surface area contributed by atoms with E-state index >= 15 is 0 Å². The zero-order valence-corrected chi connectivity index (χ0v) is 15.9. The number of hydrogen-bond donors (Lipinski definition) is 1. The molecule has 0 heterocycles. The highest BCUT2D eigenvalue weighted by Crippen LogP contribution is 2.22. The molecule has 2 aromatic carbocycles. The Morgan fingerprint density at radius 3 is 2.28 bits per heavy atom. The first kappa shape index (κ1) is 19.0. The summed E-state index contributed by atoms with van der Waals surface area (Å²) in [7, 11) is 0. The van der Waals surface area contributed by atoms with E-state index in [1.807, 2.05) is 38.1 Å². The molecule has 0 saturated heterocycles. The molecule has 2 aromatic rings. The summed E-state index contributed by atoms with van der Waals surface area (Å²) in [5.41, 5.74) is 4.69. The molecule has 0 bridgehead atoms. The van der Waals surface area contributed by atoms with Crippen molar-refractivity contribution in [2.75, 3.05) is 0 Å². The van der Waals surface area contributed by atoms with Crippen molar-refractivity contribution in [3.05, 3.63) is 64.7 Å². The molecule has 0 radical (unpaired) electrons. The predicted molar refractivity (Wildman–Crippen MR) is 103 cm³/mol. The third kappa shape index (κ3) is 4.85. The van der Waals surface area contributed by atoms with Crippen molar-refractivity contribution in [1.29, 1.82) is 0 Å². The van der Waals surface area contributed by atoms with Crippen molar-refractivity contribution >= 4 is 5.91 Å². The number of hydrogen-bond acceptors (Lipinski definition) is 2. The maximum Gasteiger partial charge on any atom is 0.261 e. The van der Waals surface area contributed by atoms with Crippen molar-refractivity contribution < 1.29 is 9.53 Å². The monoisotopic (exact) mass is 339 g/mol. The summed E-state index contributed by atoms with van der Waals surface area (Å²) in [6.45, 7) is 10.2. The second kappa shape index (κ2) is 8.70. The third-order valence-corrected chi connectivity index (χ3v) is 4.68. The minimum Gasteiger partial charge on any atom is -0.480 e. The Hall–Kier alpha value is -2.29. The summed E-state index contributed by atoms with van der Waals surface area (Å²) in [6, 6.07) is 14.2. The van der Waals surface area contributed by atoms with E-state index in [2.05, 4.69) is 44.3 Å². The number of rotatable bonds is 7. The lowest BCUT2D eigenvalue weighted by Crippen LogP contribution is -2.40. The number of nitrogens with one attached hydrogen (secondary N) is 1. The van der Waals surface area contributed by atoms with Gasteiger partial charge in [0, 0.05) is 0 Å². The normalized spacial score (nSPS) is 13.2. The summed E-state index contributed by atoms with van der Waals surface area (Å²) >= 11 is 0. The molecule has 2 unspecified atom stereocenters. The molecule has 1 amide bonds. The van der Waals surface area contributed by atoms with Crippen LogP contribution in [0.5, 0.6) is 5.75 Å². The molecule has 0 saturated carbocycles. The Kier molecular flexibility index (Phi) is 6.63. The quantitative estimate of drug-likeness (QED) is 0.768. The first-order valence-corrected chi connectivity index (χ1v) is 9.06. The van der Waals surface area contributed by atoms with Gasteiger partial charge in [-0.15, -0.1) is 0 Å². The molecule has 25 heavy (non-hydrogen) atoms. The lowest BCUT2D eigenvalue weighted by Gasteiger charge is -2.23. The minimum absolute atomic E-state index is 0.00122. The molecule has 0 aromatic heterocycles. The molecule has 0 fully saturated rings. The van der Waals surface area contributed by atoms with Gasteiger partial charge in [-0.1, -0.05) is 50.2 Å². The molecule has 2 atom stereocenters. The summed E-state index contributed by atoms with van der Waals surface area (Å²) < 4.78 is 5.97. The molecule has 0 aliphatic heterocycles. The summed E-state index contributed by atoms with van der Waals surface area (Å²) in [4.78, 5) is 12.7. The van der Waals surface area contributed by atoms with Gasteiger partial charge in [0.25, 0.3) is 5.91 Å². The van der Waals surface area contributed by atoms with E-state index in [0.29, 0.717) is 6.42 Å². The summed E-state index contributed by atoms with van der Waals surface area (Å²) in [6.07, 6.45) is 0.986. The number of para-hydroxylation sites is 1. The number of carbonyl (C=O) groups is 1. The van der Waals surface area contributed by atoms with Crippen molar-refractivity contribution in [3.63, 3.8) is 0 Å². The van der Waals surface area contributed by atoms with E-state index in [1.165, 1.54) is 11.1 Å². The van der Waals surface area contributed by atoms with Gasteiger partial charge in [0.2, 0.25) is 0 Å². The molecular weight excluding hydrogens is 310 g/mol. The summed E-state index contributed by atoms with van der Waals surface area (Å²) in [5.74, 6) is 0.708. The van der Waals surface area contributed by atoms with Gasteiger partial charge in [-0.2, -0.15) is 0 Å². The van der Waals surface area contributed by atoms with Crippen LogP contribution in [0.15, 0.2) is 42.5 Å². The fourth-order valence-corrected chi connectivity index (χ4v) is 2.83. The molecule has 0 aliphatic carbocycles. The van der Waals surface area contributed by atoms with Crippen LogP contribution in [0.2, 0.25) is 0 Å². The average Bonchev–Trinajstić information content (AvgIpc) is 2.61. The maximum atomic E-state index is 12.7. The number of aryl methyl sites for hydroxylation is 3. The van der Waals surface area contributed by atoms with Crippen LogP contribution in [0.3, 0.4) is 0 Å². The van der Waals surface area contributed by atoms with Crippen LogP contribution in [0.25, 0.3) is 0 Å². The molecule has 0 spiro atoms. The molecule has 134 valence electrons. The van der Waals surface area contributed by atoms with Gasteiger partial charge < -0.3 is 10.1 Å². The summed E-state index contributed by atoms with van der Waals surface area (Å²) in [5, 5.41) is 3.16. The van der Waals surface area contributed by atoms with E-state index in [-0.39, 0.29) is 11.9 Å². The second-order valence-electron chi connectivity index (χ2n) is 6.59. The van der Waals surface area contributed by atoms with Crippen LogP contribution in [-0.4, -0.2) is 12.0 Å². The van der Waals surface area contributed by atoms with Crippen LogP contribution >= 0.6 is 0 Å². The molecule has 3 heteroatoms. The first-order chi connectivity index (χ1) is 12.0. The number of benzene rings is 2. The SMILES string of the molecule is CCC(Oc1ccccc1C)C(=O)NC(CC)c1ccc(C)c(C)c1. The van der Waals surface area contributed by atoms with Crippen LogP contribution in [0, 0.1) is 20.8 Å². The highest BCUT2D eigenvalue weighted by atomic mass is 16.5. The Balaban J connectivity index is 2.11. The van der Waals surface area contributed by atoms with E-state index in [9.17, 15) is 4.79 Å². The van der Waals surface area contributed by atoms with Crippen LogP contribution < -0.4 is 10.1 Å².